The topological polar surface area (TPSA) is 26.3 Å². The summed E-state index contributed by atoms with van der Waals surface area (Å²) in [5, 5.41) is -0.497. The number of hydrogen-bond acceptors (Lipinski definition) is 2. The maximum absolute atomic E-state index is 10.6. The van der Waals surface area contributed by atoms with Crippen molar-refractivity contribution in [2.75, 3.05) is 0 Å². The largest absolute Gasteiger partial charge is 0.482 e. The van der Waals surface area contributed by atoms with Crippen molar-refractivity contribution in [1.82, 2.24) is 0 Å². The number of hydrogen-bond donors (Lipinski definition) is 0. The van der Waals surface area contributed by atoms with Crippen LogP contribution in [-0.4, -0.2) is 11.3 Å². The average molecular weight is 264 g/mol. The monoisotopic (exact) mass is 262 g/mol. The minimum atomic E-state index is -0.608. The Balaban J connectivity index is 2.64. The Morgan fingerprint density at radius 1 is 1.46 bits per heavy atom. The van der Waals surface area contributed by atoms with E-state index in [0.29, 0.717) is 5.75 Å². The lowest BCUT2D eigenvalue weighted by Gasteiger charge is -2.09. The number of halogens is 2. The van der Waals surface area contributed by atoms with Gasteiger partial charge in [0.05, 0.1) is 0 Å². The third-order valence-corrected chi connectivity index (χ3v) is 2.28. The van der Waals surface area contributed by atoms with Crippen molar-refractivity contribution in [2.45, 2.75) is 13.0 Å². The molecule has 2 nitrogen and oxygen atoms in total. The van der Waals surface area contributed by atoms with Gasteiger partial charge >= 0.3 is 0 Å². The molecule has 4 heteroatoms. The van der Waals surface area contributed by atoms with Crippen LogP contribution in [0.2, 0.25) is 0 Å². The smallest absolute Gasteiger partial charge is 0.262 e. The van der Waals surface area contributed by atoms with Crippen molar-refractivity contribution in [2.24, 2.45) is 0 Å². The number of benzene rings is 1. The maximum atomic E-state index is 10.6. The molecule has 0 unspecified atom stereocenters. The molecule has 0 saturated heterocycles. The molecule has 0 amide bonds. The van der Waals surface area contributed by atoms with Gasteiger partial charge in [0.2, 0.25) is 0 Å². The van der Waals surface area contributed by atoms with Crippen LogP contribution in [-0.2, 0) is 4.79 Å². The fourth-order valence-corrected chi connectivity index (χ4v) is 1.07. The van der Waals surface area contributed by atoms with Crippen LogP contribution in [0.15, 0.2) is 28.7 Å². The first-order valence-corrected chi connectivity index (χ1v) is 4.88. The molecule has 0 radical (unpaired) electrons. The Morgan fingerprint density at radius 3 is 2.46 bits per heavy atom. The van der Waals surface area contributed by atoms with Crippen LogP contribution in [0.25, 0.3) is 0 Å². The molecule has 0 heterocycles. The third-order valence-electron chi connectivity index (χ3n) is 1.45. The zero-order valence-electron chi connectivity index (χ0n) is 6.96. The maximum Gasteiger partial charge on any atom is 0.262 e. The van der Waals surface area contributed by atoms with E-state index >= 15 is 0 Å². The molecule has 0 N–H and O–H groups in total. The molecule has 1 atom stereocenters. The summed E-state index contributed by atoms with van der Waals surface area (Å²) in [5.41, 5.74) is 0. The summed E-state index contributed by atoms with van der Waals surface area (Å²) >= 11 is 8.53. The first-order chi connectivity index (χ1) is 6.09. The summed E-state index contributed by atoms with van der Waals surface area (Å²) in [6, 6.07) is 7.20. The van der Waals surface area contributed by atoms with Crippen molar-refractivity contribution in [3.63, 3.8) is 0 Å². The van der Waals surface area contributed by atoms with Crippen LogP contribution in [0, 0.1) is 0 Å². The Morgan fingerprint density at radius 2 is 2.00 bits per heavy atom. The van der Waals surface area contributed by atoms with Gasteiger partial charge in [-0.05, 0) is 42.8 Å². The third kappa shape index (κ3) is 3.36. The minimum absolute atomic E-state index is 0.497. The standard InChI is InChI=1S/C9H8BrClO2/c1-6(9(11)12)13-8-4-2-7(10)3-5-8/h2-6H,1H3/t6-/m0/s1. The van der Waals surface area contributed by atoms with E-state index in [2.05, 4.69) is 15.9 Å². The van der Waals surface area contributed by atoms with Crippen molar-refractivity contribution >= 4 is 32.8 Å². The first-order valence-electron chi connectivity index (χ1n) is 3.71. The van der Waals surface area contributed by atoms with Gasteiger partial charge in [-0.25, -0.2) is 0 Å². The van der Waals surface area contributed by atoms with Crippen LogP contribution >= 0.6 is 27.5 Å². The van der Waals surface area contributed by atoms with Gasteiger partial charge in [-0.1, -0.05) is 15.9 Å². The first kappa shape index (κ1) is 10.5. The van der Waals surface area contributed by atoms with Crippen molar-refractivity contribution in [3.8, 4) is 5.75 Å². The Hall–Kier alpha value is -0.540. The van der Waals surface area contributed by atoms with Crippen LogP contribution in [0.3, 0.4) is 0 Å². The van der Waals surface area contributed by atoms with Crippen molar-refractivity contribution < 1.29 is 9.53 Å². The summed E-state index contributed by atoms with van der Waals surface area (Å²) in [4.78, 5) is 10.6. The van der Waals surface area contributed by atoms with E-state index in [1.165, 1.54) is 0 Å². The Bertz CT molecular complexity index is 297. The lowest BCUT2D eigenvalue weighted by Crippen LogP contribution is -2.18. The van der Waals surface area contributed by atoms with Gasteiger partial charge in [0, 0.05) is 4.47 Å². The highest BCUT2D eigenvalue weighted by molar-refractivity contribution is 9.10. The summed E-state index contributed by atoms with van der Waals surface area (Å²) in [6.45, 7) is 1.61. The van der Waals surface area contributed by atoms with E-state index in [4.69, 9.17) is 16.3 Å². The molecule has 0 spiro atoms. The SMILES string of the molecule is C[C@H](Oc1ccc(Br)cc1)C(=O)Cl. The zero-order chi connectivity index (χ0) is 9.84. The molecule has 1 rings (SSSR count). The van der Waals surface area contributed by atoms with Gasteiger partial charge in [0.25, 0.3) is 5.24 Å². The summed E-state index contributed by atoms with van der Waals surface area (Å²) in [5.74, 6) is 0.629. The molecular formula is C9H8BrClO2. The number of carbonyl (C=O) groups is 1. The molecule has 0 saturated carbocycles. The van der Waals surface area contributed by atoms with Gasteiger partial charge in [-0.15, -0.1) is 0 Å². The molecule has 0 aliphatic heterocycles. The highest BCUT2D eigenvalue weighted by Gasteiger charge is 2.10. The molecule has 13 heavy (non-hydrogen) atoms. The van der Waals surface area contributed by atoms with Crippen molar-refractivity contribution in [1.29, 1.82) is 0 Å². The molecule has 0 fully saturated rings. The van der Waals surface area contributed by atoms with E-state index in [1.54, 1.807) is 19.1 Å². The van der Waals surface area contributed by atoms with Crippen molar-refractivity contribution in [3.05, 3.63) is 28.7 Å². The van der Waals surface area contributed by atoms with Gasteiger partial charge in [0.1, 0.15) is 5.75 Å². The van der Waals surface area contributed by atoms with Gasteiger partial charge in [0.15, 0.2) is 6.10 Å². The second kappa shape index (κ2) is 4.63. The quantitative estimate of drug-likeness (QED) is 0.784. The number of carbonyl (C=O) groups excluding carboxylic acids is 1. The number of ether oxygens (including phenoxy) is 1. The molecular weight excluding hydrogens is 255 g/mol. The lowest BCUT2D eigenvalue weighted by atomic mass is 10.3. The van der Waals surface area contributed by atoms with E-state index in [0.717, 1.165) is 4.47 Å². The second-order valence-electron chi connectivity index (χ2n) is 2.52. The molecule has 0 bridgehead atoms. The Labute approximate surface area is 90.0 Å². The van der Waals surface area contributed by atoms with Crippen LogP contribution < -0.4 is 4.74 Å². The van der Waals surface area contributed by atoms with Gasteiger partial charge in [-0.3, -0.25) is 4.79 Å². The normalized spacial score (nSPS) is 12.2. The molecule has 0 aromatic heterocycles. The van der Waals surface area contributed by atoms with Crippen LogP contribution in [0.1, 0.15) is 6.92 Å². The fraction of sp³-hybridized carbons (Fsp3) is 0.222. The van der Waals surface area contributed by atoms with E-state index in [9.17, 15) is 4.79 Å². The van der Waals surface area contributed by atoms with E-state index in [1.807, 2.05) is 12.1 Å². The van der Waals surface area contributed by atoms with Gasteiger partial charge in [-0.2, -0.15) is 0 Å². The summed E-state index contributed by atoms with van der Waals surface area (Å²) in [6.07, 6.45) is -0.608. The molecule has 70 valence electrons. The van der Waals surface area contributed by atoms with Gasteiger partial charge < -0.3 is 4.74 Å². The zero-order valence-corrected chi connectivity index (χ0v) is 9.30. The average Bonchev–Trinajstić information content (AvgIpc) is 2.08. The van der Waals surface area contributed by atoms with E-state index in [-0.39, 0.29) is 0 Å². The summed E-state index contributed by atoms with van der Waals surface area (Å²) in [7, 11) is 0. The van der Waals surface area contributed by atoms with E-state index < -0.39 is 11.3 Å². The molecule has 0 aliphatic rings. The predicted molar refractivity (Wildman–Crippen MR) is 55.1 cm³/mol. The lowest BCUT2D eigenvalue weighted by molar-refractivity contribution is -0.117. The van der Waals surface area contributed by atoms with Crippen LogP contribution in [0.5, 0.6) is 5.75 Å². The highest BCUT2D eigenvalue weighted by Crippen LogP contribution is 2.17. The predicted octanol–water partition coefficient (Wildman–Crippen LogP) is 2.98. The second-order valence-corrected chi connectivity index (χ2v) is 3.81. The fourth-order valence-electron chi connectivity index (χ4n) is 0.764. The Kier molecular flexibility index (Phi) is 3.75. The highest BCUT2D eigenvalue weighted by atomic mass is 79.9. The molecule has 1 aromatic carbocycles. The summed E-state index contributed by atoms with van der Waals surface area (Å²) < 4.78 is 6.19. The molecule has 0 aliphatic carbocycles. The van der Waals surface area contributed by atoms with Crippen LogP contribution in [0.4, 0.5) is 0 Å². The molecule has 1 aromatic rings. The minimum Gasteiger partial charge on any atom is -0.482 e. The number of rotatable bonds is 3.